The van der Waals surface area contributed by atoms with Crippen molar-refractivity contribution in [3.63, 3.8) is 0 Å². The normalized spacial score (nSPS) is 15.3. The van der Waals surface area contributed by atoms with Crippen molar-refractivity contribution in [2.75, 3.05) is 33.0 Å². The van der Waals surface area contributed by atoms with E-state index in [1.807, 2.05) is 6.92 Å². The van der Waals surface area contributed by atoms with E-state index in [2.05, 4.69) is 5.32 Å². The Morgan fingerprint density at radius 1 is 1.06 bits per heavy atom. The number of benzene rings is 1. The Balaban J connectivity index is 2.61. The number of nitrogens with zero attached hydrogens (tertiary/aromatic N) is 1. The first-order chi connectivity index (χ1) is 16.7. The molecule has 1 aromatic rings. The smallest absolute Gasteiger partial charge is 0.404 e. The Hall–Kier alpha value is -3.93. The molecule has 1 aliphatic rings. The van der Waals surface area contributed by atoms with E-state index in [0.717, 1.165) is 6.42 Å². The molecule has 0 radical (unpaired) electrons. The molecule has 1 amide bonds. The number of hydrogen-bond acceptors (Lipinski definition) is 10. The van der Waals surface area contributed by atoms with Crippen LogP contribution in [0.2, 0.25) is 0 Å². The van der Waals surface area contributed by atoms with E-state index >= 15 is 0 Å². The zero-order chi connectivity index (χ0) is 26.0. The number of non-ortho nitro benzene ring substituents is 1. The van der Waals surface area contributed by atoms with Crippen molar-refractivity contribution in [2.24, 2.45) is 5.73 Å². The molecule has 1 aromatic carbocycles. The molecule has 3 N–H and O–H groups in total. The number of nitro benzene ring substituents is 1. The van der Waals surface area contributed by atoms with Crippen LogP contribution in [-0.2, 0) is 28.5 Å². The summed E-state index contributed by atoms with van der Waals surface area (Å²) in [5.41, 5.74) is 5.55. The SMILES string of the molecule is CCCOCCOC(=O)C1=C(COC(N)=O)NC(C)=C(C(=O)OCC)C1c1cccc([N+](=O)[O-])c1. The number of carbonyl (C=O) groups excluding carboxylic acids is 3. The molecule has 0 fully saturated rings. The van der Waals surface area contributed by atoms with Crippen molar-refractivity contribution in [1.82, 2.24) is 5.32 Å². The van der Waals surface area contributed by atoms with E-state index < -0.39 is 35.5 Å². The quantitative estimate of drug-likeness (QED) is 0.146. The molecule has 35 heavy (non-hydrogen) atoms. The number of nitro groups is 1. The fraction of sp³-hybridized carbons (Fsp3) is 0.435. The first-order valence-electron chi connectivity index (χ1n) is 11.0. The summed E-state index contributed by atoms with van der Waals surface area (Å²) in [6.45, 7) is 5.33. The highest BCUT2D eigenvalue weighted by molar-refractivity contribution is 6.00. The molecule has 0 aliphatic carbocycles. The lowest BCUT2D eigenvalue weighted by atomic mass is 9.80. The van der Waals surface area contributed by atoms with E-state index in [0.29, 0.717) is 12.3 Å². The van der Waals surface area contributed by atoms with Crippen molar-refractivity contribution in [2.45, 2.75) is 33.1 Å². The first-order valence-corrected chi connectivity index (χ1v) is 11.0. The molecule has 2 rings (SSSR count). The van der Waals surface area contributed by atoms with Crippen molar-refractivity contribution in [3.8, 4) is 0 Å². The van der Waals surface area contributed by atoms with Gasteiger partial charge in [0, 0.05) is 24.4 Å². The second-order valence-electron chi connectivity index (χ2n) is 7.42. The van der Waals surface area contributed by atoms with Crippen LogP contribution in [0.5, 0.6) is 0 Å². The van der Waals surface area contributed by atoms with Gasteiger partial charge in [-0.3, -0.25) is 10.1 Å². The minimum absolute atomic E-state index is 0.0596. The van der Waals surface area contributed by atoms with E-state index in [4.69, 9.17) is 24.7 Å². The van der Waals surface area contributed by atoms with Crippen LogP contribution in [0.4, 0.5) is 10.5 Å². The fourth-order valence-corrected chi connectivity index (χ4v) is 3.54. The number of carbonyl (C=O) groups is 3. The van der Waals surface area contributed by atoms with Gasteiger partial charge in [-0.2, -0.15) is 0 Å². The van der Waals surface area contributed by atoms with Gasteiger partial charge in [-0.25, -0.2) is 14.4 Å². The Morgan fingerprint density at radius 2 is 1.77 bits per heavy atom. The van der Waals surface area contributed by atoms with Crippen molar-refractivity contribution < 1.29 is 38.3 Å². The zero-order valence-electron chi connectivity index (χ0n) is 19.8. The van der Waals surface area contributed by atoms with Crippen LogP contribution >= 0.6 is 0 Å². The highest BCUT2D eigenvalue weighted by Crippen LogP contribution is 2.40. The molecule has 1 atom stereocenters. The third-order valence-corrected chi connectivity index (χ3v) is 4.94. The minimum atomic E-state index is -1.11. The number of primary amides is 1. The summed E-state index contributed by atoms with van der Waals surface area (Å²) in [6.07, 6.45) is -0.288. The van der Waals surface area contributed by atoms with Gasteiger partial charge in [0.1, 0.15) is 13.2 Å². The number of nitrogens with two attached hydrogens (primary N) is 1. The second kappa shape index (κ2) is 13.1. The summed E-state index contributed by atoms with van der Waals surface area (Å²) in [6, 6.07) is 5.52. The number of dihydropyridines is 1. The van der Waals surface area contributed by atoms with Crippen LogP contribution in [0.25, 0.3) is 0 Å². The highest BCUT2D eigenvalue weighted by atomic mass is 16.6. The Labute approximate surface area is 202 Å². The average Bonchev–Trinajstić information content (AvgIpc) is 2.82. The number of rotatable bonds is 12. The van der Waals surface area contributed by atoms with Crippen LogP contribution < -0.4 is 11.1 Å². The molecule has 0 bridgehead atoms. The second-order valence-corrected chi connectivity index (χ2v) is 7.42. The maximum atomic E-state index is 13.3. The molecule has 12 nitrogen and oxygen atoms in total. The van der Waals surface area contributed by atoms with E-state index in [1.165, 1.54) is 18.2 Å². The van der Waals surface area contributed by atoms with E-state index in [-0.39, 0.29) is 47.9 Å². The molecule has 0 spiro atoms. The fourth-order valence-electron chi connectivity index (χ4n) is 3.54. The zero-order valence-corrected chi connectivity index (χ0v) is 19.8. The molecular weight excluding hydrogens is 462 g/mol. The molecule has 1 heterocycles. The molecule has 0 saturated carbocycles. The van der Waals surface area contributed by atoms with E-state index in [9.17, 15) is 24.5 Å². The number of amides is 1. The lowest BCUT2D eigenvalue weighted by Crippen LogP contribution is -2.35. The minimum Gasteiger partial charge on any atom is -0.463 e. The molecule has 0 saturated heterocycles. The summed E-state index contributed by atoms with van der Waals surface area (Å²) in [5, 5.41) is 14.3. The third-order valence-electron chi connectivity index (χ3n) is 4.94. The summed E-state index contributed by atoms with van der Waals surface area (Å²) in [7, 11) is 0. The van der Waals surface area contributed by atoms with Crippen LogP contribution in [-0.4, -0.2) is 56.0 Å². The molecule has 1 aliphatic heterocycles. The van der Waals surface area contributed by atoms with Crippen molar-refractivity contribution >= 4 is 23.7 Å². The van der Waals surface area contributed by atoms with Crippen molar-refractivity contribution in [3.05, 3.63) is 62.5 Å². The van der Waals surface area contributed by atoms with Gasteiger partial charge in [0.25, 0.3) is 5.69 Å². The van der Waals surface area contributed by atoms with Gasteiger partial charge in [0.2, 0.25) is 0 Å². The topological polar surface area (TPSA) is 169 Å². The largest absolute Gasteiger partial charge is 0.463 e. The summed E-state index contributed by atoms with van der Waals surface area (Å²) in [5.74, 6) is -2.65. The van der Waals surface area contributed by atoms with Crippen LogP contribution in [0.15, 0.2) is 46.8 Å². The monoisotopic (exact) mass is 491 g/mol. The third kappa shape index (κ3) is 7.27. The Kier molecular flexibility index (Phi) is 10.2. The van der Waals surface area contributed by atoms with Gasteiger partial charge in [0.05, 0.1) is 40.9 Å². The lowest BCUT2D eigenvalue weighted by molar-refractivity contribution is -0.384. The van der Waals surface area contributed by atoms with Gasteiger partial charge in [-0.05, 0) is 25.8 Å². The summed E-state index contributed by atoms with van der Waals surface area (Å²) in [4.78, 5) is 48.3. The van der Waals surface area contributed by atoms with Crippen LogP contribution in [0.1, 0.15) is 38.7 Å². The first kappa shape index (κ1) is 27.3. The predicted octanol–water partition coefficient (Wildman–Crippen LogP) is 2.44. The van der Waals surface area contributed by atoms with Crippen LogP contribution in [0.3, 0.4) is 0 Å². The van der Waals surface area contributed by atoms with E-state index in [1.54, 1.807) is 19.9 Å². The standard InChI is InChI=1S/C23H29N3O9/c1-4-9-32-10-11-34-22(28)20-17(13-35-23(24)29)25-14(3)18(21(27)33-5-2)19(20)15-7-6-8-16(12-15)26(30)31/h6-8,12,19,25H,4-5,9-11,13H2,1-3H3,(H2,24,29). The number of allylic oxidation sites excluding steroid dienone is 1. The number of nitrogens with one attached hydrogen (secondary N) is 1. The van der Waals surface area contributed by atoms with Gasteiger partial charge in [-0.15, -0.1) is 0 Å². The highest BCUT2D eigenvalue weighted by Gasteiger charge is 2.39. The van der Waals surface area contributed by atoms with Gasteiger partial charge >= 0.3 is 18.0 Å². The summed E-state index contributed by atoms with van der Waals surface area (Å²) < 4.78 is 20.8. The van der Waals surface area contributed by atoms with Crippen LogP contribution in [0, 0.1) is 10.1 Å². The average molecular weight is 491 g/mol. The van der Waals surface area contributed by atoms with Crippen molar-refractivity contribution in [1.29, 1.82) is 0 Å². The van der Waals surface area contributed by atoms with Gasteiger partial charge in [-0.1, -0.05) is 19.1 Å². The number of hydrogen-bond donors (Lipinski definition) is 2. The molecule has 12 heteroatoms. The molecule has 0 aromatic heterocycles. The Morgan fingerprint density at radius 3 is 2.40 bits per heavy atom. The predicted molar refractivity (Wildman–Crippen MR) is 123 cm³/mol. The maximum Gasteiger partial charge on any atom is 0.404 e. The van der Waals surface area contributed by atoms with Gasteiger partial charge in [0.15, 0.2) is 0 Å². The molecule has 190 valence electrons. The molecule has 1 unspecified atom stereocenters. The number of esters is 2. The number of ether oxygens (including phenoxy) is 4. The lowest BCUT2D eigenvalue weighted by Gasteiger charge is -2.31. The molecular formula is C23H29N3O9. The maximum absolute atomic E-state index is 13.3. The summed E-state index contributed by atoms with van der Waals surface area (Å²) >= 11 is 0. The Bertz CT molecular complexity index is 1030. The van der Waals surface area contributed by atoms with Gasteiger partial charge < -0.3 is 30.0 Å².